The summed E-state index contributed by atoms with van der Waals surface area (Å²) in [4.78, 5) is 23.6. The van der Waals surface area contributed by atoms with Crippen LogP contribution in [-0.2, 0) is 9.59 Å². The fourth-order valence-electron chi connectivity index (χ4n) is 1.68. The Kier molecular flexibility index (Phi) is 3.52. The lowest BCUT2D eigenvalue weighted by Crippen LogP contribution is -2.47. The van der Waals surface area contributed by atoms with Crippen molar-refractivity contribution in [1.82, 2.24) is 4.90 Å². The molecule has 0 aromatic heterocycles. The Balaban J connectivity index is 2.68. The summed E-state index contributed by atoms with van der Waals surface area (Å²) in [6.45, 7) is 0.511. The van der Waals surface area contributed by atoms with Crippen molar-refractivity contribution in [3.63, 3.8) is 0 Å². The molecule has 1 aliphatic heterocycles. The highest BCUT2D eigenvalue weighted by atomic mass is 16.4. The van der Waals surface area contributed by atoms with Crippen molar-refractivity contribution in [2.24, 2.45) is 0 Å². The first-order chi connectivity index (χ1) is 6.66. The molecule has 76 valence electrons. The predicted octanol–water partition coefficient (Wildman–Crippen LogP) is 0.475. The molecule has 1 aliphatic rings. The number of hydrogen-bond acceptors (Lipinski definition) is 2. The quantitative estimate of drug-likeness (QED) is 0.652. The molecule has 1 amide bonds. The van der Waals surface area contributed by atoms with Gasteiger partial charge in [-0.3, -0.25) is 4.79 Å². The summed E-state index contributed by atoms with van der Waals surface area (Å²) in [5, 5.41) is 8.88. The van der Waals surface area contributed by atoms with E-state index in [0.717, 1.165) is 12.8 Å². The normalized spacial score (nSPS) is 21.4. The smallest absolute Gasteiger partial charge is 0.326 e. The van der Waals surface area contributed by atoms with E-state index in [9.17, 15) is 9.59 Å². The van der Waals surface area contributed by atoms with Crippen LogP contribution in [0.1, 0.15) is 25.7 Å². The minimum absolute atomic E-state index is 0.0101. The fourth-order valence-corrected chi connectivity index (χ4v) is 1.68. The van der Waals surface area contributed by atoms with Crippen molar-refractivity contribution in [1.29, 1.82) is 0 Å². The van der Waals surface area contributed by atoms with Gasteiger partial charge in [0.15, 0.2) is 0 Å². The molecule has 4 heteroatoms. The van der Waals surface area contributed by atoms with Crippen molar-refractivity contribution in [2.45, 2.75) is 31.7 Å². The maximum absolute atomic E-state index is 11.4. The first kappa shape index (κ1) is 10.6. The number of nitrogens with zero attached hydrogens (tertiary/aromatic N) is 1. The molecular formula is C10H13NO3. The Morgan fingerprint density at radius 1 is 1.50 bits per heavy atom. The number of piperidine rings is 1. The molecule has 0 radical (unpaired) electrons. The summed E-state index contributed by atoms with van der Waals surface area (Å²) in [6, 6.07) is -0.676. The van der Waals surface area contributed by atoms with E-state index >= 15 is 0 Å². The van der Waals surface area contributed by atoms with E-state index in [0.29, 0.717) is 13.0 Å². The first-order valence-electron chi connectivity index (χ1n) is 4.62. The number of terminal acetylenes is 1. The second-order valence-electron chi connectivity index (χ2n) is 3.32. The Morgan fingerprint density at radius 3 is 2.79 bits per heavy atom. The van der Waals surface area contributed by atoms with Crippen LogP contribution in [0.2, 0.25) is 0 Å². The number of rotatable bonds is 2. The van der Waals surface area contributed by atoms with Crippen molar-refractivity contribution in [3.05, 3.63) is 0 Å². The average molecular weight is 195 g/mol. The zero-order chi connectivity index (χ0) is 10.6. The minimum Gasteiger partial charge on any atom is -0.480 e. The van der Waals surface area contributed by atoms with Crippen LogP contribution in [-0.4, -0.2) is 34.5 Å². The summed E-state index contributed by atoms with van der Waals surface area (Å²) >= 11 is 0. The number of hydrogen-bond donors (Lipinski definition) is 1. The number of likely N-dealkylation sites (tertiary alicyclic amines) is 1. The summed E-state index contributed by atoms with van der Waals surface area (Å²) in [7, 11) is 0. The van der Waals surface area contributed by atoms with Crippen LogP contribution < -0.4 is 0 Å². The molecule has 4 nitrogen and oxygen atoms in total. The molecular weight excluding hydrogens is 182 g/mol. The summed E-state index contributed by atoms with van der Waals surface area (Å²) in [5.41, 5.74) is 0. The first-order valence-corrected chi connectivity index (χ1v) is 4.62. The standard InChI is InChI=1S/C10H13NO3/c1-2-5-9(12)11-7-4-3-6-8(11)10(13)14/h1,8H,3-7H2,(H,13,14)/t8-/m1/s1. The van der Waals surface area contributed by atoms with Crippen LogP contribution in [0.3, 0.4) is 0 Å². The highest BCUT2D eigenvalue weighted by molar-refractivity contribution is 5.85. The molecule has 0 aliphatic carbocycles. The number of amides is 1. The Labute approximate surface area is 82.9 Å². The molecule has 14 heavy (non-hydrogen) atoms. The maximum Gasteiger partial charge on any atom is 0.326 e. The minimum atomic E-state index is -0.935. The van der Waals surface area contributed by atoms with Gasteiger partial charge in [0.2, 0.25) is 5.91 Å². The summed E-state index contributed by atoms with van der Waals surface area (Å²) in [5.74, 6) is 1.05. The van der Waals surface area contributed by atoms with Crippen LogP contribution in [0, 0.1) is 12.3 Å². The maximum atomic E-state index is 11.4. The van der Waals surface area contributed by atoms with Gasteiger partial charge in [0.05, 0.1) is 6.42 Å². The topological polar surface area (TPSA) is 57.6 Å². The molecule has 0 aromatic rings. The molecule has 1 N–H and O–H groups in total. The number of aliphatic carboxylic acids is 1. The summed E-state index contributed by atoms with van der Waals surface area (Å²) in [6.07, 6.45) is 7.26. The highest BCUT2D eigenvalue weighted by Crippen LogP contribution is 2.17. The van der Waals surface area contributed by atoms with E-state index in [2.05, 4.69) is 5.92 Å². The molecule has 0 unspecified atom stereocenters. The van der Waals surface area contributed by atoms with Crippen molar-refractivity contribution >= 4 is 11.9 Å². The van der Waals surface area contributed by atoms with Gasteiger partial charge < -0.3 is 10.0 Å². The molecule has 1 rings (SSSR count). The second-order valence-corrected chi connectivity index (χ2v) is 3.32. The van der Waals surface area contributed by atoms with Gasteiger partial charge in [-0.2, -0.15) is 0 Å². The lowest BCUT2D eigenvalue weighted by molar-refractivity contribution is -0.151. The zero-order valence-corrected chi connectivity index (χ0v) is 7.90. The lowest BCUT2D eigenvalue weighted by Gasteiger charge is -2.32. The highest BCUT2D eigenvalue weighted by Gasteiger charge is 2.31. The molecule has 1 atom stereocenters. The lowest BCUT2D eigenvalue weighted by atomic mass is 10.0. The van der Waals surface area contributed by atoms with Gasteiger partial charge in [0, 0.05) is 6.54 Å². The Hall–Kier alpha value is -1.50. The molecule has 1 saturated heterocycles. The van der Waals surface area contributed by atoms with Gasteiger partial charge in [0.1, 0.15) is 6.04 Å². The van der Waals surface area contributed by atoms with Crippen LogP contribution >= 0.6 is 0 Å². The van der Waals surface area contributed by atoms with Crippen LogP contribution in [0.15, 0.2) is 0 Å². The largest absolute Gasteiger partial charge is 0.480 e. The van der Waals surface area contributed by atoms with E-state index in [-0.39, 0.29) is 12.3 Å². The molecule has 0 aromatic carbocycles. The van der Waals surface area contributed by atoms with Crippen molar-refractivity contribution < 1.29 is 14.7 Å². The monoisotopic (exact) mass is 195 g/mol. The zero-order valence-electron chi connectivity index (χ0n) is 7.90. The van der Waals surface area contributed by atoms with Crippen LogP contribution in [0.5, 0.6) is 0 Å². The van der Waals surface area contributed by atoms with Crippen molar-refractivity contribution in [3.8, 4) is 12.3 Å². The Bertz CT molecular complexity index is 280. The predicted molar refractivity (Wildman–Crippen MR) is 50.4 cm³/mol. The average Bonchev–Trinajstić information content (AvgIpc) is 2.18. The van der Waals surface area contributed by atoms with Gasteiger partial charge >= 0.3 is 5.97 Å². The number of carboxylic acid groups (broad SMARTS) is 1. The third-order valence-corrected chi connectivity index (χ3v) is 2.36. The third-order valence-electron chi connectivity index (χ3n) is 2.36. The van der Waals surface area contributed by atoms with Gasteiger partial charge in [-0.1, -0.05) is 5.92 Å². The van der Waals surface area contributed by atoms with Gasteiger partial charge in [-0.25, -0.2) is 4.79 Å². The molecule has 0 spiro atoms. The van der Waals surface area contributed by atoms with Gasteiger partial charge in [0.25, 0.3) is 0 Å². The number of carbonyl (C=O) groups is 2. The van der Waals surface area contributed by atoms with E-state index < -0.39 is 12.0 Å². The number of carboxylic acids is 1. The molecule has 1 heterocycles. The van der Waals surface area contributed by atoms with Crippen molar-refractivity contribution in [2.75, 3.05) is 6.54 Å². The molecule has 0 saturated carbocycles. The van der Waals surface area contributed by atoms with E-state index in [1.54, 1.807) is 0 Å². The van der Waals surface area contributed by atoms with E-state index in [1.807, 2.05) is 0 Å². The molecule has 1 fully saturated rings. The van der Waals surface area contributed by atoms with Crippen LogP contribution in [0.4, 0.5) is 0 Å². The third kappa shape index (κ3) is 2.25. The van der Waals surface area contributed by atoms with E-state index in [1.165, 1.54) is 4.90 Å². The Morgan fingerprint density at radius 2 is 2.21 bits per heavy atom. The second kappa shape index (κ2) is 4.66. The van der Waals surface area contributed by atoms with Crippen LogP contribution in [0.25, 0.3) is 0 Å². The van der Waals surface area contributed by atoms with Gasteiger partial charge in [-0.15, -0.1) is 6.42 Å². The molecule has 0 bridgehead atoms. The number of carbonyl (C=O) groups excluding carboxylic acids is 1. The van der Waals surface area contributed by atoms with E-state index in [4.69, 9.17) is 11.5 Å². The summed E-state index contributed by atoms with van der Waals surface area (Å²) < 4.78 is 0. The SMILES string of the molecule is C#CCC(=O)N1CCCC[C@@H]1C(=O)O. The fraction of sp³-hybridized carbons (Fsp3) is 0.600. The van der Waals surface area contributed by atoms with Gasteiger partial charge in [-0.05, 0) is 19.3 Å².